The molecule has 1 aliphatic rings. The third kappa shape index (κ3) is 125. The van der Waals surface area contributed by atoms with Crippen LogP contribution in [0.5, 0.6) is 0 Å². The quantitative estimate of drug-likeness (QED) is 0.446. The third-order valence-corrected chi connectivity index (χ3v) is 0.586. The minimum atomic E-state index is 0. The molecular formula is C13H30GeN3Zr. The van der Waals surface area contributed by atoms with Crippen molar-refractivity contribution in [1.29, 1.82) is 0 Å². The van der Waals surface area contributed by atoms with Gasteiger partial charge in [-0.05, 0) is 0 Å². The Morgan fingerprint density at radius 3 is 1.22 bits per heavy atom. The van der Waals surface area contributed by atoms with E-state index in [1.54, 1.807) is 42.3 Å². The summed E-state index contributed by atoms with van der Waals surface area (Å²) in [6, 6.07) is 0. The molecule has 0 aromatic heterocycles. The van der Waals surface area contributed by atoms with E-state index < -0.39 is 0 Å². The molecule has 0 heterocycles. The molecule has 0 saturated heterocycles. The molecule has 18 heavy (non-hydrogen) atoms. The Morgan fingerprint density at radius 2 is 1.17 bits per heavy atom. The third-order valence-electron chi connectivity index (χ3n) is 0.586. The molecule has 0 N–H and O–H groups in total. The van der Waals surface area contributed by atoms with E-state index in [1.807, 2.05) is 12.2 Å². The summed E-state index contributed by atoms with van der Waals surface area (Å²) in [5.41, 5.74) is 0. The van der Waals surface area contributed by atoms with Crippen molar-refractivity contribution in [2.24, 2.45) is 0 Å². The van der Waals surface area contributed by atoms with Crippen LogP contribution in [0.25, 0.3) is 16.0 Å². The van der Waals surface area contributed by atoms with Crippen molar-refractivity contribution in [1.82, 2.24) is 0 Å². The van der Waals surface area contributed by atoms with Gasteiger partial charge in [-0.25, -0.2) is 12.2 Å². The second kappa shape index (κ2) is 52.3. The van der Waals surface area contributed by atoms with Crippen LogP contribution in [-0.2, 0) is 26.2 Å². The smallest absolute Gasteiger partial charge is 4.00 e. The molecule has 0 amide bonds. The van der Waals surface area contributed by atoms with E-state index in [2.05, 4.69) is 39.6 Å². The van der Waals surface area contributed by atoms with Crippen molar-refractivity contribution in [2.45, 2.75) is 17.9 Å². The van der Waals surface area contributed by atoms with E-state index in [0.29, 0.717) is 15.4 Å². The first-order valence-electron chi connectivity index (χ1n) is 5.56. The van der Waals surface area contributed by atoms with Gasteiger partial charge in [0.1, 0.15) is 0 Å². The fourth-order valence-corrected chi connectivity index (χ4v) is 0.340. The van der Waals surface area contributed by atoms with Gasteiger partial charge in [0.25, 0.3) is 0 Å². The van der Waals surface area contributed by atoms with E-state index in [0.717, 1.165) is 6.42 Å². The summed E-state index contributed by atoms with van der Waals surface area (Å²) in [4.78, 5) is 0. The van der Waals surface area contributed by atoms with Crippen LogP contribution in [0.4, 0.5) is 0 Å². The molecule has 1 rings (SSSR count). The first kappa shape index (κ1) is 31.3. The molecule has 0 spiro atoms. The Hall–Kier alpha value is 0.786. The molecule has 0 atom stereocenters. The number of allylic oxidation sites excluding steroid dienone is 4. The average molecular weight is 392 g/mol. The van der Waals surface area contributed by atoms with Crippen molar-refractivity contribution in [3.8, 4) is 0 Å². The van der Waals surface area contributed by atoms with Crippen molar-refractivity contribution in [3.05, 3.63) is 40.3 Å². The molecule has 0 fully saturated rings. The minimum Gasteiger partial charge on any atom is 4.00 e. The summed E-state index contributed by atoms with van der Waals surface area (Å²) in [5.74, 6) is 4.56. The first-order valence-corrected chi connectivity index (χ1v) is 10.4. The Labute approximate surface area is 141 Å². The number of hydrogen-bond acceptors (Lipinski definition) is 0. The van der Waals surface area contributed by atoms with Gasteiger partial charge in [0.2, 0.25) is 0 Å². The van der Waals surface area contributed by atoms with Crippen molar-refractivity contribution >= 4 is 15.4 Å². The Kier molecular flexibility index (Phi) is 90.9. The van der Waals surface area contributed by atoms with Crippen LogP contribution in [-0.4, -0.2) is 57.7 Å². The van der Waals surface area contributed by atoms with Crippen LogP contribution in [0.2, 0.25) is 11.5 Å². The van der Waals surface area contributed by atoms with Gasteiger partial charge in [-0.15, -0.1) is 6.42 Å². The van der Waals surface area contributed by atoms with Gasteiger partial charge in [0.05, 0.1) is 0 Å². The van der Waals surface area contributed by atoms with E-state index in [-0.39, 0.29) is 26.2 Å². The van der Waals surface area contributed by atoms with Gasteiger partial charge in [-0.3, -0.25) is 6.08 Å². The summed E-state index contributed by atoms with van der Waals surface area (Å²) in [6.07, 6.45) is 10.0. The maximum absolute atomic E-state index is 3.50. The van der Waals surface area contributed by atoms with Gasteiger partial charge in [0, 0.05) is 0 Å². The fraction of sp³-hybridized carbons (Fsp3) is 0.692. The van der Waals surface area contributed by atoms with Gasteiger partial charge < -0.3 is 16.0 Å². The molecule has 0 aliphatic heterocycles. The predicted molar refractivity (Wildman–Crippen MR) is 86.1 cm³/mol. The summed E-state index contributed by atoms with van der Waals surface area (Å²) in [6.45, 7) is 0. The van der Waals surface area contributed by atoms with Crippen molar-refractivity contribution < 1.29 is 26.2 Å². The molecule has 0 saturated carbocycles. The average Bonchev–Trinajstić information content (AvgIpc) is 2.79. The van der Waals surface area contributed by atoms with Crippen LogP contribution < -0.4 is 0 Å². The maximum atomic E-state index is 3.50. The minimum absolute atomic E-state index is 0. The summed E-state index contributed by atoms with van der Waals surface area (Å²) >= 11 is 0.312. The van der Waals surface area contributed by atoms with Gasteiger partial charge in [-0.2, -0.15) is 48.4 Å². The second-order valence-electron chi connectivity index (χ2n) is 2.92. The molecule has 1 radical (unpaired) electrons. The van der Waals surface area contributed by atoms with E-state index >= 15 is 0 Å². The molecule has 105 valence electrons. The predicted octanol–water partition coefficient (Wildman–Crippen LogP) is 3.68. The monoisotopic (exact) mass is 392 g/mol. The van der Waals surface area contributed by atoms with Gasteiger partial charge in [0.15, 0.2) is 0 Å². The van der Waals surface area contributed by atoms with Crippen LogP contribution >= 0.6 is 0 Å². The molecule has 3 nitrogen and oxygen atoms in total. The summed E-state index contributed by atoms with van der Waals surface area (Å²) < 4.78 is 0. The van der Waals surface area contributed by atoms with Gasteiger partial charge in [-0.1, -0.05) is 0 Å². The number of nitrogens with zero attached hydrogens (tertiary/aromatic N) is 3. The first-order chi connectivity index (χ1) is 8.16. The molecule has 0 bridgehead atoms. The number of hydrogen-bond donors (Lipinski definition) is 0. The standard InChI is InChI=1S/C5H5.C2H7Ge.3C2H6N.Zr/c1-2-4-5-3-1;4*1-3-2;/h1-3H,4H2;3H,1-2H3;3*1-2H3;/q-1;;3*-1;+4. The Morgan fingerprint density at radius 1 is 0.889 bits per heavy atom. The summed E-state index contributed by atoms with van der Waals surface area (Å²) in [5, 5.41) is 10.5. The van der Waals surface area contributed by atoms with E-state index in [4.69, 9.17) is 0 Å². The van der Waals surface area contributed by atoms with Gasteiger partial charge >= 0.3 is 53.1 Å². The topological polar surface area (TPSA) is 42.3 Å². The van der Waals surface area contributed by atoms with Crippen LogP contribution in [0.1, 0.15) is 6.42 Å². The van der Waals surface area contributed by atoms with Crippen LogP contribution in [0, 0.1) is 6.08 Å². The zero-order valence-corrected chi connectivity index (χ0v) is 18.2. The molecule has 0 aromatic carbocycles. The largest absolute Gasteiger partial charge is 4.00 e. The molecule has 1 aliphatic carbocycles. The Balaban J connectivity index is -0.0000000398. The summed E-state index contributed by atoms with van der Waals surface area (Å²) in [7, 11) is 10.5. The maximum Gasteiger partial charge on any atom is 4.00 e. The van der Waals surface area contributed by atoms with Crippen LogP contribution in [0.15, 0.2) is 18.2 Å². The molecular weight excluding hydrogens is 362 g/mol. The SMILES string of the molecule is C[N-]C.C[N-]C.C[N-]C.[C-]1=CC=CC1.[CH3][GeH][CH3].[Zr+4]. The molecule has 5 heteroatoms. The van der Waals surface area contributed by atoms with Crippen molar-refractivity contribution in [2.75, 3.05) is 42.3 Å². The zero-order valence-electron chi connectivity index (χ0n) is 13.4. The second-order valence-corrected chi connectivity index (χ2v) is 5.34. The Bertz CT molecular complexity index is 113. The zero-order chi connectivity index (χ0) is 14.4. The van der Waals surface area contributed by atoms with Crippen molar-refractivity contribution in [3.63, 3.8) is 0 Å². The molecule has 0 aromatic rings. The molecule has 0 unspecified atom stereocenters. The van der Waals surface area contributed by atoms with Crippen LogP contribution in [0.3, 0.4) is 0 Å². The fourth-order valence-electron chi connectivity index (χ4n) is 0.340. The number of rotatable bonds is 0. The van der Waals surface area contributed by atoms with E-state index in [9.17, 15) is 0 Å². The van der Waals surface area contributed by atoms with E-state index in [1.165, 1.54) is 0 Å². The normalized spacial score (nSPS) is 8.89.